The molecular weight excluding hydrogens is 582 g/mol. The molecule has 2 aromatic heterocycles. The van der Waals surface area contributed by atoms with E-state index in [1.54, 1.807) is 16.7 Å². The maximum absolute atomic E-state index is 15.2. The van der Waals surface area contributed by atoms with Crippen LogP contribution < -0.4 is 15.1 Å². The number of hydrogen-bond acceptors (Lipinski definition) is 9. The maximum atomic E-state index is 15.2. The van der Waals surface area contributed by atoms with Gasteiger partial charge in [0.1, 0.15) is 24.0 Å². The summed E-state index contributed by atoms with van der Waals surface area (Å²) >= 11 is 0. The van der Waals surface area contributed by atoms with Gasteiger partial charge in [0.15, 0.2) is 11.6 Å². The van der Waals surface area contributed by atoms with Crippen molar-refractivity contribution in [1.29, 1.82) is 0 Å². The number of amides is 4. The highest BCUT2D eigenvalue weighted by Gasteiger charge is 2.34. The third-order valence-electron chi connectivity index (χ3n) is 7.15. The van der Waals surface area contributed by atoms with Gasteiger partial charge in [0.2, 0.25) is 11.7 Å². The minimum absolute atomic E-state index is 0.0327. The van der Waals surface area contributed by atoms with E-state index in [-0.39, 0.29) is 75.3 Å². The molecule has 4 amide bonds. The molecule has 5 rings (SSSR count). The molecule has 2 fully saturated rings. The van der Waals surface area contributed by atoms with Gasteiger partial charge >= 0.3 is 12.2 Å². The molecule has 1 aromatic carbocycles. The number of carbonyl (C=O) groups is 4. The van der Waals surface area contributed by atoms with Crippen LogP contribution in [-0.4, -0.2) is 114 Å². The zero-order chi connectivity index (χ0) is 31.4. The summed E-state index contributed by atoms with van der Waals surface area (Å²) in [6.07, 6.45) is 7.92. The lowest BCUT2D eigenvalue weighted by atomic mass is 10.2. The topological polar surface area (TPSA) is 142 Å². The molecule has 0 spiro atoms. The van der Waals surface area contributed by atoms with Crippen molar-refractivity contribution in [3.8, 4) is 12.3 Å². The molecule has 2 aliphatic rings. The molecule has 0 radical (unpaired) electrons. The minimum atomic E-state index is -0.892. The second kappa shape index (κ2) is 12.8. The fourth-order valence-electron chi connectivity index (χ4n) is 4.97. The SMILES string of the molecule is C#CCN(CC(=O)N1CCN(c2c(F)cc(N3C[C@H](CNC(=O)OC)OC3=O)cc2F)CC1)C(=O)c1cn2cccnc2n1. The molecule has 0 bridgehead atoms. The predicted octanol–water partition coefficient (Wildman–Crippen LogP) is 1.11. The number of carbonyl (C=O) groups excluding carboxylic acids is 4. The Hall–Kier alpha value is -5.46. The third-order valence-corrected chi connectivity index (χ3v) is 7.15. The summed E-state index contributed by atoms with van der Waals surface area (Å²) in [5.74, 6) is 0.0123. The molecule has 2 aliphatic heterocycles. The molecule has 0 saturated carbocycles. The molecule has 0 aliphatic carbocycles. The number of fused-ring (bicyclic) bond motifs is 1. The van der Waals surface area contributed by atoms with Gasteiger partial charge in [0.05, 0.1) is 32.4 Å². The first-order valence-corrected chi connectivity index (χ1v) is 13.5. The number of alkyl carbamates (subject to hydrolysis) is 1. The van der Waals surface area contributed by atoms with E-state index in [1.165, 1.54) is 34.2 Å². The van der Waals surface area contributed by atoms with Crippen LogP contribution in [0.1, 0.15) is 10.5 Å². The number of nitrogens with one attached hydrogen (secondary N) is 1. The van der Waals surface area contributed by atoms with Crippen molar-refractivity contribution in [1.82, 2.24) is 29.5 Å². The Morgan fingerprint density at radius 2 is 1.93 bits per heavy atom. The van der Waals surface area contributed by atoms with E-state index in [0.29, 0.717) is 5.78 Å². The van der Waals surface area contributed by atoms with Crippen molar-refractivity contribution < 1.29 is 37.4 Å². The Morgan fingerprint density at radius 3 is 2.59 bits per heavy atom. The molecule has 4 heterocycles. The largest absolute Gasteiger partial charge is 0.453 e. The van der Waals surface area contributed by atoms with Gasteiger partial charge in [-0.25, -0.2) is 28.3 Å². The first-order valence-electron chi connectivity index (χ1n) is 13.5. The summed E-state index contributed by atoms with van der Waals surface area (Å²) in [5.41, 5.74) is -0.244. The number of halogens is 2. The van der Waals surface area contributed by atoms with E-state index < -0.39 is 35.8 Å². The molecule has 1 N–H and O–H groups in total. The number of rotatable bonds is 8. The van der Waals surface area contributed by atoms with Crippen LogP contribution in [0.3, 0.4) is 0 Å². The highest BCUT2D eigenvalue weighted by Crippen LogP contribution is 2.31. The third kappa shape index (κ3) is 6.31. The number of aromatic nitrogens is 3. The number of nitrogens with zero attached hydrogens (tertiary/aromatic N) is 7. The van der Waals surface area contributed by atoms with Crippen molar-refractivity contribution >= 4 is 41.2 Å². The predicted molar refractivity (Wildman–Crippen MR) is 151 cm³/mol. The number of terminal acetylenes is 1. The van der Waals surface area contributed by atoms with Gasteiger partial charge in [-0.15, -0.1) is 6.42 Å². The highest BCUT2D eigenvalue weighted by molar-refractivity contribution is 5.95. The summed E-state index contributed by atoms with van der Waals surface area (Å²) in [7, 11) is 1.19. The summed E-state index contributed by atoms with van der Waals surface area (Å²) in [4.78, 5) is 63.3. The lowest BCUT2D eigenvalue weighted by Crippen LogP contribution is -2.52. The fraction of sp³-hybridized carbons (Fsp3) is 0.357. The first-order chi connectivity index (χ1) is 21.2. The van der Waals surface area contributed by atoms with Crippen LogP contribution in [0.15, 0.2) is 36.8 Å². The summed E-state index contributed by atoms with van der Waals surface area (Å²) in [5, 5.41) is 2.41. The number of methoxy groups -OCH3 is 1. The average Bonchev–Trinajstić information content (AvgIpc) is 3.62. The zero-order valence-corrected chi connectivity index (χ0v) is 23.6. The molecule has 14 nitrogen and oxygen atoms in total. The molecule has 230 valence electrons. The van der Waals surface area contributed by atoms with Crippen molar-refractivity contribution in [2.45, 2.75) is 6.10 Å². The van der Waals surface area contributed by atoms with Crippen LogP contribution in [0.25, 0.3) is 5.78 Å². The van der Waals surface area contributed by atoms with E-state index in [4.69, 9.17) is 11.2 Å². The van der Waals surface area contributed by atoms with Crippen molar-refractivity contribution in [3.05, 3.63) is 54.1 Å². The van der Waals surface area contributed by atoms with E-state index in [1.807, 2.05) is 0 Å². The summed E-state index contributed by atoms with van der Waals surface area (Å²) in [6.45, 7) is 0.0286. The maximum Gasteiger partial charge on any atom is 0.414 e. The number of anilines is 2. The van der Waals surface area contributed by atoms with Crippen LogP contribution in [0.4, 0.5) is 29.7 Å². The number of hydrogen-bond donors (Lipinski definition) is 1. The molecule has 44 heavy (non-hydrogen) atoms. The van der Waals surface area contributed by atoms with Crippen LogP contribution in [0, 0.1) is 24.0 Å². The second-order valence-corrected chi connectivity index (χ2v) is 9.93. The molecule has 1 atom stereocenters. The zero-order valence-electron chi connectivity index (χ0n) is 23.6. The van der Waals surface area contributed by atoms with E-state index in [2.05, 4.69) is 25.9 Å². The Balaban J connectivity index is 1.19. The van der Waals surface area contributed by atoms with E-state index in [0.717, 1.165) is 17.0 Å². The summed E-state index contributed by atoms with van der Waals surface area (Å²) in [6, 6.07) is 3.75. The van der Waals surface area contributed by atoms with Crippen molar-refractivity contribution in [3.63, 3.8) is 0 Å². The van der Waals surface area contributed by atoms with Gasteiger partial charge in [-0.1, -0.05) is 5.92 Å². The van der Waals surface area contributed by atoms with E-state index in [9.17, 15) is 19.2 Å². The smallest absolute Gasteiger partial charge is 0.414 e. The Labute approximate surface area is 250 Å². The molecule has 0 unspecified atom stereocenters. The van der Waals surface area contributed by atoms with Gasteiger partial charge in [-0.05, 0) is 6.07 Å². The number of ether oxygens (including phenoxy) is 2. The normalized spacial score (nSPS) is 16.5. The quantitative estimate of drug-likeness (QED) is 0.371. The van der Waals surface area contributed by atoms with Crippen LogP contribution in [-0.2, 0) is 14.3 Å². The molecule has 2 saturated heterocycles. The number of piperazine rings is 1. The monoisotopic (exact) mass is 610 g/mol. The first kappa shape index (κ1) is 30.0. The highest BCUT2D eigenvalue weighted by atomic mass is 19.1. The number of cyclic esters (lactones) is 1. The van der Waals surface area contributed by atoms with Crippen molar-refractivity contribution in [2.75, 3.05) is 69.3 Å². The molecule has 16 heteroatoms. The number of benzene rings is 1. The van der Waals surface area contributed by atoms with E-state index >= 15 is 8.78 Å². The minimum Gasteiger partial charge on any atom is -0.453 e. The van der Waals surface area contributed by atoms with Gasteiger partial charge in [-0.2, -0.15) is 0 Å². The lowest BCUT2D eigenvalue weighted by molar-refractivity contribution is -0.132. The lowest BCUT2D eigenvalue weighted by Gasteiger charge is -2.37. The van der Waals surface area contributed by atoms with Crippen LogP contribution >= 0.6 is 0 Å². The Bertz CT molecular complexity index is 1580. The summed E-state index contributed by atoms with van der Waals surface area (Å²) < 4.78 is 41.7. The van der Waals surface area contributed by atoms with Gasteiger partial charge in [-0.3, -0.25) is 18.9 Å². The van der Waals surface area contributed by atoms with Gasteiger partial charge < -0.3 is 29.5 Å². The average molecular weight is 611 g/mol. The standard InChI is InChI=1S/C28H28F2N8O6/c1-3-6-36(25(40)22-16-37-7-4-5-31-26(37)33-22)17-23(39)34-8-10-35(11-9-34)24-20(29)12-18(13-21(24)30)38-15-19(44-28(38)42)14-32-27(41)43-2/h1,4-5,7,12-13,16,19H,6,8-11,14-15,17H2,2H3,(H,32,41)/t19-/m0/s1. The van der Waals surface area contributed by atoms with Gasteiger partial charge in [0, 0.05) is 56.9 Å². The Morgan fingerprint density at radius 1 is 1.20 bits per heavy atom. The van der Waals surface area contributed by atoms with Crippen molar-refractivity contribution in [2.24, 2.45) is 0 Å². The Kier molecular flexibility index (Phi) is 8.74. The van der Waals surface area contributed by atoms with Gasteiger partial charge in [0.25, 0.3) is 5.91 Å². The van der Waals surface area contributed by atoms with Crippen LogP contribution in [0.5, 0.6) is 0 Å². The molecule has 3 aromatic rings. The van der Waals surface area contributed by atoms with Crippen LogP contribution in [0.2, 0.25) is 0 Å². The second-order valence-electron chi connectivity index (χ2n) is 9.93. The fourth-order valence-corrected chi connectivity index (χ4v) is 4.97. The number of imidazole rings is 1. The molecular formula is C28H28F2N8O6.